The molecule has 0 amide bonds. The maximum atomic E-state index is 14.0. The van der Waals surface area contributed by atoms with Crippen molar-refractivity contribution >= 4 is 32.5 Å². The van der Waals surface area contributed by atoms with Crippen molar-refractivity contribution in [3.63, 3.8) is 0 Å². The van der Waals surface area contributed by atoms with Crippen LogP contribution in [0.15, 0.2) is 30.3 Å². The van der Waals surface area contributed by atoms with E-state index in [-0.39, 0.29) is 5.78 Å². The Morgan fingerprint density at radius 3 is 1.68 bits per heavy atom. The van der Waals surface area contributed by atoms with Gasteiger partial charge in [-0.15, -0.1) is 0 Å². The zero-order valence-electron chi connectivity index (χ0n) is 17.3. The Labute approximate surface area is 157 Å². The second-order valence-electron chi connectivity index (χ2n) is 9.55. The van der Waals surface area contributed by atoms with Gasteiger partial charge in [0.1, 0.15) is 14.0 Å². The Kier molecular flexibility index (Phi) is 7.67. The van der Waals surface area contributed by atoms with Crippen molar-refractivity contribution in [1.29, 1.82) is 0 Å². The first-order chi connectivity index (χ1) is 11.1. The number of hydrogen-bond acceptors (Lipinski definition) is 4. The lowest BCUT2D eigenvalue weighted by Crippen LogP contribution is -2.50. The number of rotatable bonds is 9. The van der Waals surface area contributed by atoms with Crippen molar-refractivity contribution in [1.82, 2.24) is 4.98 Å². The molecule has 0 aromatic heterocycles. The third-order valence-corrected chi connectivity index (χ3v) is 12.0. The molecule has 0 saturated heterocycles. The number of nitrogens with one attached hydrogen (secondary N) is 1. The molecule has 1 aromatic rings. The highest BCUT2D eigenvalue weighted by Gasteiger charge is 2.44. The van der Waals surface area contributed by atoms with E-state index < -0.39 is 32.5 Å². The van der Waals surface area contributed by atoms with E-state index >= 15 is 0 Å². The minimum Gasteiger partial charge on any atom is -0.351 e. The summed E-state index contributed by atoms with van der Waals surface area (Å²) in [5, 5.41) is 0. The first-order valence-electron chi connectivity index (χ1n) is 8.93. The third-order valence-electron chi connectivity index (χ3n) is 3.06. The number of benzene rings is 1. The molecule has 1 unspecified atom stereocenters. The van der Waals surface area contributed by atoms with Gasteiger partial charge in [0, 0.05) is 0 Å². The molecule has 8 heteroatoms. The fourth-order valence-corrected chi connectivity index (χ4v) is 13.4. The van der Waals surface area contributed by atoms with Gasteiger partial charge in [-0.2, -0.15) is 0 Å². The normalized spacial score (nSPS) is 15.2. The van der Waals surface area contributed by atoms with Crippen LogP contribution in [0.1, 0.15) is 5.56 Å². The first kappa shape index (κ1) is 23.0. The minimum atomic E-state index is -3.29. The molecule has 0 saturated carbocycles. The van der Waals surface area contributed by atoms with Crippen molar-refractivity contribution in [2.24, 2.45) is 0 Å². The summed E-state index contributed by atoms with van der Waals surface area (Å²) in [7, 11) is -9.05. The fourth-order valence-electron chi connectivity index (χ4n) is 2.49. The average molecular weight is 418 g/mol. The highest BCUT2D eigenvalue weighted by atomic mass is 31.2. The van der Waals surface area contributed by atoms with Crippen molar-refractivity contribution in [3.05, 3.63) is 35.9 Å². The van der Waals surface area contributed by atoms with E-state index in [4.69, 9.17) is 8.43 Å². The van der Waals surface area contributed by atoms with Crippen LogP contribution in [-0.2, 0) is 19.4 Å². The molecule has 0 fully saturated rings. The summed E-state index contributed by atoms with van der Waals surface area (Å²) >= 11 is 0. The molecule has 0 aliphatic rings. The molecular formula is C17H36NO3PSi3. The Morgan fingerprint density at radius 2 is 1.32 bits per heavy atom. The standard InChI is InChI=1S/C17H36NO3PSi3/c1-23(2,3)18-17(15-16-13-11-10-12-14-16)22(19,20-24(4,5)6)21-25(7,8)9/h10-14,17-18H,15H2,1-9H3. The average Bonchev–Trinajstić information content (AvgIpc) is 2.32. The Hall–Kier alpha value is -0.0194. The quantitative estimate of drug-likeness (QED) is 0.403. The van der Waals surface area contributed by atoms with Crippen molar-refractivity contribution in [3.8, 4) is 0 Å². The van der Waals surface area contributed by atoms with E-state index in [1.165, 1.54) is 0 Å². The van der Waals surface area contributed by atoms with E-state index in [0.717, 1.165) is 5.56 Å². The zero-order chi connectivity index (χ0) is 19.5. The van der Waals surface area contributed by atoms with Gasteiger partial charge in [0.05, 0.1) is 0 Å². The maximum Gasteiger partial charge on any atom is 0.327 e. The highest BCUT2D eigenvalue weighted by molar-refractivity contribution is 7.57. The van der Waals surface area contributed by atoms with Crippen molar-refractivity contribution < 1.29 is 13.0 Å². The summed E-state index contributed by atoms with van der Waals surface area (Å²) < 4.78 is 26.5. The van der Waals surface area contributed by atoms with Gasteiger partial charge >= 0.3 is 7.60 Å². The molecule has 0 aliphatic heterocycles. The molecule has 0 spiro atoms. The fraction of sp³-hybridized carbons (Fsp3) is 0.647. The second-order valence-corrected chi connectivity index (χ2v) is 25.9. The van der Waals surface area contributed by atoms with Crippen LogP contribution in [-0.4, -0.2) is 30.7 Å². The Morgan fingerprint density at radius 1 is 0.880 bits per heavy atom. The molecule has 0 aliphatic carbocycles. The molecule has 1 aromatic carbocycles. The van der Waals surface area contributed by atoms with Crippen molar-refractivity contribution in [2.75, 3.05) is 0 Å². The van der Waals surface area contributed by atoms with Crippen molar-refractivity contribution in [2.45, 2.75) is 71.1 Å². The van der Waals surface area contributed by atoms with E-state index in [2.05, 4.69) is 76.0 Å². The van der Waals surface area contributed by atoms with Crippen LogP contribution in [0.2, 0.25) is 58.9 Å². The summed E-state index contributed by atoms with van der Waals surface area (Å²) in [6, 6.07) is 10.2. The van der Waals surface area contributed by atoms with Gasteiger partial charge in [0.2, 0.25) is 0 Å². The van der Waals surface area contributed by atoms with Crippen LogP contribution in [0, 0.1) is 0 Å². The second kappa shape index (κ2) is 8.33. The molecule has 0 radical (unpaired) electrons. The van der Waals surface area contributed by atoms with Crippen LogP contribution in [0.25, 0.3) is 0 Å². The van der Waals surface area contributed by atoms with E-state index in [1.54, 1.807) is 0 Å². The van der Waals surface area contributed by atoms with Gasteiger partial charge in [0.25, 0.3) is 0 Å². The van der Waals surface area contributed by atoms with Gasteiger partial charge in [0.15, 0.2) is 16.6 Å². The maximum absolute atomic E-state index is 14.0. The molecule has 1 rings (SSSR count). The molecule has 1 N–H and O–H groups in total. The lowest BCUT2D eigenvalue weighted by atomic mass is 10.1. The van der Waals surface area contributed by atoms with Crippen LogP contribution < -0.4 is 4.98 Å². The summed E-state index contributed by atoms with van der Waals surface area (Å²) in [5.74, 6) is -0.306. The lowest BCUT2D eigenvalue weighted by Gasteiger charge is -2.38. The van der Waals surface area contributed by atoms with Crippen LogP contribution in [0.4, 0.5) is 0 Å². The van der Waals surface area contributed by atoms with Crippen LogP contribution in [0.5, 0.6) is 0 Å². The molecule has 0 heterocycles. The first-order valence-corrected chi connectivity index (χ1v) is 20.9. The molecular weight excluding hydrogens is 381 g/mol. The van der Waals surface area contributed by atoms with Gasteiger partial charge in [-0.1, -0.05) is 50.0 Å². The highest BCUT2D eigenvalue weighted by Crippen LogP contribution is 2.57. The predicted octanol–water partition coefficient (Wildman–Crippen LogP) is 5.88. The molecule has 144 valence electrons. The largest absolute Gasteiger partial charge is 0.351 e. The minimum absolute atomic E-state index is 0.306. The smallest absolute Gasteiger partial charge is 0.327 e. The van der Waals surface area contributed by atoms with Gasteiger partial charge in [-0.05, 0) is 51.3 Å². The summed E-state index contributed by atoms with van der Waals surface area (Å²) in [4.78, 5) is 3.66. The van der Waals surface area contributed by atoms with Gasteiger partial charge < -0.3 is 13.4 Å². The summed E-state index contributed by atoms with van der Waals surface area (Å²) in [6.07, 6.45) is 0.650. The summed E-state index contributed by atoms with van der Waals surface area (Å²) in [6.45, 7) is 19.1. The van der Waals surface area contributed by atoms with Gasteiger partial charge in [-0.25, -0.2) is 0 Å². The van der Waals surface area contributed by atoms with Gasteiger partial charge in [-0.3, -0.25) is 4.57 Å². The van der Waals surface area contributed by atoms with E-state index in [9.17, 15) is 4.57 Å². The van der Waals surface area contributed by atoms with Crippen LogP contribution in [0.3, 0.4) is 0 Å². The van der Waals surface area contributed by atoms with Crippen LogP contribution >= 0.6 is 7.60 Å². The summed E-state index contributed by atoms with van der Waals surface area (Å²) in [5.41, 5.74) is 1.15. The topological polar surface area (TPSA) is 47.6 Å². The predicted molar refractivity (Wildman–Crippen MR) is 117 cm³/mol. The SMILES string of the molecule is C[Si](C)(C)NC(Cc1ccccc1)P(=O)(O[Si](C)(C)C)O[Si](C)(C)C. The van der Waals surface area contributed by atoms with E-state index in [0.29, 0.717) is 6.42 Å². The Balaban J connectivity index is 3.28. The number of hydrogen-bond donors (Lipinski definition) is 1. The van der Waals surface area contributed by atoms with E-state index in [1.807, 2.05) is 18.2 Å². The molecule has 0 bridgehead atoms. The monoisotopic (exact) mass is 417 g/mol. The molecule has 1 atom stereocenters. The Bertz CT molecular complexity index is 572. The lowest BCUT2D eigenvalue weighted by molar-refractivity contribution is 0.363. The zero-order valence-corrected chi connectivity index (χ0v) is 21.2. The molecule has 25 heavy (non-hydrogen) atoms. The third kappa shape index (κ3) is 9.47. The molecule has 4 nitrogen and oxygen atoms in total.